The third-order valence-electron chi connectivity index (χ3n) is 1.64. The zero-order valence-electron chi connectivity index (χ0n) is 8.78. The van der Waals surface area contributed by atoms with Crippen LogP contribution in [0.25, 0.3) is 0 Å². The van der Waals surface area contributed by atoms with Gasteiger partial charge < -0.3 is 9.47 Å². The molecule has 0 atom stereocenters. The summed E-state index contributed by atoms with van der Waals surface area (Å²) in [6.45, 7) is 4.49. The van der Waals surface area contributed by atoms with E-state index in [1.165, 1.54) is 6.20 Å². The Morgan fingerprint density at radius 1 is 1.13 bits per heavy atom. The quantitative estimate of drug-likeness (QED) is 0.673. The summed E-state index contributed by atoms with van der Waals surface area (Å²) in [5.74, 6) is 0. The van der Waals surface area contributed by atoms with Crippen molar-refractivity contribution in [3.63, 3.8) is 0 Å². The van der Waals surface area contributed by atoms with Crippen molar-refractivity contribution < 1.29 is 9.47 Å². The summed E-state index contributed by atoms with van der Waals surface area (Å²) < 4.78 is 10.6. The molecule has 0 aliphatic heterocycles. The molecule has 4 nitrogen and oxygen atoms in total. The van der Waals surface area contributed by atoms with Crippen molar-refractivity contribution in [1.29, 1.82) is 0 Å². The maximum Gasteiger partial charge on any atom is 0.147 e. The van der Waals surface area contributed by atoms with Crippen LogP contribution >= 0.6 is 11.6 Å². The van der Waals surface area contributed by atoms with Gasteiger partial charge in [0.15, 0.2) is 0 Å². The molecule has 0 aromatic carbocycles. The van der Waals surface area contributed by atoms with E-state index >= 15 is 0 Å². The summed E-state index contributed by atoms with van der Waals surface area (Å²) in [6.07, 6.45) is 4.14. The molecule has 0 saturated heterocycles. The fourth-order valence-corrected chi connectivity index (χ4v) is 1.05. The van der Waals surface area contributed by atoms with Gasteiger partial charge in [0.1, 0.15) is 5.15 Å². The Hall–Kier alpha value is -0.710. The number of nitrogens with zero attached hydrogens (tertiary/aromatic N) is 2. The molecular formula is C10H15ClN2O2. The molecule has 0 N–H and O–H groups in total. The number of aromatic nitrogens is 2. The SMILES string of the molecule is CCCOCCOCc1cnc(Cl)cn1. The average Bonchev–Trinajstić information content (AvgIpc) is 2.26. The van der Waals surface area contributed by atoms with E-state index in [9.17, 15) is 0 Å². The highest BCUT2D eigenvalue weighted by molar-refractivity contribution is 6.29. The van der Waals surface area contributed by atoms with Gasteiger partial charge in [-0.1, -0.05) is 18.5 Å². The molecule has 0 saturated carbocycles. The Labute approximate surface area is 94.6 Å². The number of rotatable bonds is 7. The van der Waals surface area contributed by atoms with Gasteiger partial charge in [0.2, 0.25) is 0 Å². The predicted octanol–water partition coefficient (Wildman–Crippen LogP) is 2.07. The van der Waals surface area contributed by atoms with Crippen LogP contribution < -0.4 is 0 Å². The van der Waals surface area contributed by atoms with Gasteiger partial charge in [-0.25, -0.2) is 4.98 Å². The van der Waals surface area contributed by atoms with Crippen LogP contribution in [0.3, 0.4) is 0 Å². The summed E-state index contributed by atoms with van der Waals surface area (Å²) >= 11 is 5.60. The lowest BCUT2D eigenvalue weighted by Gasteiger charge is -2.04. The van der Waals surface area contributed by atoms with E-state index in [1.54, 1.807) is 6.20 Å². The highest BCUT2D eigenvalue weighted by Crippen LogP contribution is 2.02. The molecule has 0 bridgehead atoms. The van der Waals surface area contributed by atoms with Gasteiger partial charge in [-0.05, 0) is 6.42 Å². The van der Waals surface area contributed by atoms with Gasteiger partial charge in [-0.3, -0.25) is 4.98 Å². The molecule has 0 spiro atoms. The minimum absolute atomic E-state index is 0.394. The second kappa shape index (κ2) is 7.56. The maximum absolute atomic E-state index is 5.60. The van der Waals surface area contributed by atoms with E-state index in [0.717, 1.165) is 18.7 Å². The molecule has 0 unspecified atom stereocenters. The standard InChI is InChI=1S/C10H15ClN2O2/c1-2-3-14-4-5-15-8-9-6-13-10(11)7-12-9/h6-7H,2-5,8H2,1H3. The minimum Gasteiger partial charge on any atom is -0.379 e. The molecule has 1 aromatic heterocycles. The van der Waals surface area contributed by atoms with Crippen molar-refractivity contribution in [3.05, 3.63) is 23.2 Å². The van der Waals surface area contributed by atoms with Crippen molar-refractivity contribution in [2.45, 2.75) is 20.0 Å². The van der Waals surface area contributed by atoms with Crippen molar-refractivity contribution >= 4 is 11.6 Å². The summed E-state index contributed by atoms with van der Waals surface area (Å²) in [5.41, 5.74) is 0.773. The minimum atomic E-state index is 0.394. The first-order valence-electron chi connectivity index (χ1n) is 4.95. The van der Waals surface area contributed by atoms with Crippen LogP contribution in [0.2, 0.25) is 5.15 Å². The monoisotopic (exact) mass is 230 g/mol. The lowest BCUT2D eigenvalue weighted by atomic mass is 10.5. The van der Waals surface area contributed by atoms with E-state index in [1.807, 2.05) is 0 Å². The second-order valence-corrected chi connectivity index (χ2v) is 3.38. The van der Waals surface area contributed by atoms with Gasteiger partial charge in [0, 0.05) is 6.61 Å². The molecular weight excluding hydrogens is 216 g/mol. The van der Waals surface area contributed by atoms with Gasteiger partial charge >= 0.3 is 0 Å². The fourth-order valence-electron chi connectivity index (χ4n) is 0.955. The summed E-state index contributed by atoms with van der Waals surface area (Å²) in [6, 6.07) is 0. The first-order valence-corrected chi connectivity index (χ1v) is 5.32. The predicted molar refractivity (Wildman–Crippen MR) is 57.8 cm³/mol. The van der Waals surface area contributed by atoms with Crippen molar-refractivity contribution in [3.8, 4) is 0 Å². The zero-order chi connectivity index (χ0) is 10.9. The lowest BCUT2D eigenvalue weighted by Crippen LogP contribution is -2.05. The molecule has 1 heterocycles. The zero-order valence-corrected chi connectivity index (χ0v) is 9.54. The molecule has 15 heavy (non-hydrogen) atoms. The first-order chi connectivity index (χ1) is 7.33. The van der Waals surface area contributed by atoms with Gasteiger partial charge in [-0.2, -0.15) is 0 Å². The van der Waals surface area contributed by atoms with Crippen LogP contribution in [0, 0.1) is 0 Å². The smallest absolute Gasteiger partial charge is 0.147 e. The van der Waals surface area contributed by atoms with Crippen LogP contribution in [0.15, 0.2) is 12.4 Å². The van der Waals surface area contributed by atoms with E-state index in [-0.39, 0.29) is 0 Å². The van der Waals surface area contributed by atoms with Crippen LogP contribution in [-0.2, 0) is 16.1 Å². The van der Waals surface area contributed by atoms with E-state index in [2.05, 4.69) is 16.9 Å². The Balaban J connectivity index is 2.07. The molecule has 1 rings (SSSR count). The Kier molecular flexibility index (Phi) is 6.23. The lowest BCUT2D eigenvalue weighted by molar-refractivity contribution is 0.0396. The topological polar surface area (TPSA) is 44.2 Å². The molecule has 84 valence electrons. The Morgan fingerprint density at radius 3 is 2.60 bits per heavy atom. The van der Waals surface area contributed by atoms with Crippen LogP contribution in [0.4, 0.5) is 0 Å². The molecule has 0 amide bonds. The van der Waals surface area contributed by atoms with E-state index in [4.69, 9.17) is 21.1 Å². The van der Waals surface area contributed by atoms with Gasteiger partial charge in [-0.15, -0.1) is 0 Å². The van der Waals surface area contributed by atoms with Crippen LogP contribution in [0.5, 0.6) is 0 Å². The highest BCUT2D eigenvalue weighted by Gasteiger charge is 1.96. The molecule has 0 radical (unpaired) electrons. The number of halogens is 1. The van der Waals surface area contributed by atoms with Gasteiger partial charge in [0.05, 0.1) is 37.9 Å². The Bertz CT molecular complexity index is 267. The fraction of sp³-hybridized carbons (Fsp3) is 0.600. The largest absolute Gasteiger partial charge is 0.379 e. The third kappa shape index (κ3) is 5.67. The van der Waals surface area contributed by atoms with E-state index < -0.39 is 0 Å². The Morgan fingerprint density at radius 2 is 1.93 bits per heavy atom. The van der Waals surface area contributed by atoms with Crippen LogP contribution in [0.1, 0.15) is 19.0 Å². The molecule has 0 aliphatic carbocycles. The molecule has 5 heteroatoms. The summed E-state index contributed by atoms with van der Waals surface area (Å²) in [4.78, 5) is 7.95. The number of hydrogen-bond donors (Lipinski definition) is 0. The summed E-state index contributed by atoms with van der Waals surface area (Å²) in [5, 5.41) is 0.394. The normalized spacial score (nSPS) is 10.5. The number of ether oxygens (including phenoxy) is 2. The van der Waals surface area contributed by atoms with Crippen molar-refractivity contribution in [2.24, 2.45) is 0 Å². The average molecular weight is 231 g/mol. The van der Waals surface area contributed by atoms with Gasteiger partial charge in [0.25, 0.3) is 0 Å². The number of hydrogen-bond acceptors (Lipinski definition) is 4. The molecule has 0 fully saturated rings. The third-order valence-corrected chi connectivity index (χ3v) is 1.84. The first kappa shape index (κ1) is 12.4. The highest BCUT2D eigenvalue weighted by atomic mass is 35.5. The van der Waals surface area contributed by atoms with Crippen LogP contribution in [-0.4, -0.2) is 29.8 Å². The van der Waals surface area contributed by atoms with E-state index in [0.29, 0.717) is 25.0 Å². The molecule has 0 aliphatic rings. The van der Waals surface area contributed by atoms with Crippen molar-refractivity contribution in [1.82, 2.24) is 9.97 Å². The maximum atomic E-state index is 5.60. The summed E-state index contributed by atoms with van der Waals surface area (Å²) in [7, 11) is 0. The second-order valence-electron chi connectivity index (χ2n) is 3.00. The van der Waals surface area contributed by atoms with Crippen molar-refractivity contribution in [2.75, 3.05) is 19.8 Å². The molecule has 1 aromatic rings.